The predicted octanol–water partition coefficient (Wildman–Crippen LogP) is 0.464. The Balaban J connectivity index is 2.12. The van der Waals surface area contributed by atoms with Crippen LogP contribution in [0.4, 0.5) is 0 Å². The molecule has 1 aromatic carbocycles. The number of aliphatic hydroxyl groups is 1. The quantitative estimate of drug-likeness (QED) is 0.712. The van der Waals surface area contributed by atoms with E-state index >= 15 is 0 Å². The topological polar surface area (TPSA) is 78.8 Å². The molecule has 1 heterocycles. The van der Waals surface area contributed by atoms with Crippen LogP contribution >= 0.6 is 0 Å². The van der Waals surface area contributed by atoms with Gasteiger partial charge in [0.05, 0.1) is 12.6 Å². The van der Waals surface area contributed by atoms with E-state index in [-0.39, 0.29) is 19.2 Å². The van der Waals surface area contributed by atoms with Gasteiger partial charge in [0.1, 0.15) is 18.5 Å². The number of carbonyl (C=O) groups is 1. The number of fused-ring (bicyclic) bond motifs is 1. The van der Waals surface area contributed by atoms with Gasteiger partial charge in [0.2, 0.25) is 0 Å². The second kappa shape index (κ2) is 4.73. The number of rotatable bonds is 3. The molecule has 0 unspecified atom stereocenters. The highest BCUT2D eigenvalue weighted by Crippen LogP contribution is 2.32. The summed E-state index contributed by atoms with van der Waals surface area (Å²) in [6.07, 6.45) is -0.737. The minimum absolute atomic E-state index is 0.188. The first kappa shape index (κ1) is 11.9. The van der Waals surface area contributed by atoms with E-state index in [2.05, 4.69) is 5.32 Å². The maximum Gasteiger partial charge on any atom is 0.317 e. The van der Waals surface area contributed by atoms with Crippen molar-refractivity contribution in [1.29, 1.82) is 0 Å². The van der Waals surface area contributed by atoms with Gasteiger partial charge in [-0.15, -0.1) is 0 Å². The summed E-state index contributed by atoms with van der Waals surface area (Å²) in [6.45, 7) is 2.03. The van der Waals surface area contributed by atoms with Gasteiger partial charge in [-0.05, 0) is 18.6 Å². The Labute approximate surface area is 99.0 Å². The largest absolute Gasteiger partial charge is 0.491 e. The first-order valence-corrected chi connectivity index (χ1v) is 5.44. The third-order valence-corrected chi connectivity index (χ3v) is 2.80. The molecule has 0 amide bonds. The van der Waals surface area contributed by atoms with E-state index in [4.69, 9.17) is 9.84 Å². The normalized spacial score (nSPS) is 22.7. The zero-order valence-corrected chi connectivity index (χ0v) is 9.51. The lowest BCUT2D eigenvalue weighted by Gasteiger charge is -2.30. The molecule has 2 atom stereocenters. The van der Waals surface area contributed by atoms with Crippen LogP contribution in [0.25, 0.3) is 0 Å². The highest BCUT2D eigenvalue weighted by Gasteiger charge is 2.29. The fraction of sp³-hybridized carbons (Fsp3) is 0.417. The lowest BCUT2D eigenvalue weighted by atomic mass is 9.98. The summed E-state index contributed by atoms with van der Waals surface area (Å²) in [5.74, 6) is -0.280. The fourth-order valence-corrected chi connectivity index (χ4v) is 1.89. The van der Waals surface area contributed by atoms with Crippen molar-refractivity contribution >= 4 is 5.97 Å². The molecule has 92 valence electrons. The second-order valence-corrected chi connectivity index (χ2v) is 4.18. The maximum absolute atomic E-state index is 10.5. The maximum atomic E-state index is 10.5. The number of nitrogens with one attached hydrogen (secondary N) is 1. The molecule has 1 aromatic rings. The number of carboxylic acids is 1. The van der Waals surface area contributed by atoms with E-state index in [1.54, 1.807) is 0 Å². The molecule has 3 N–H and O–H groups in total. The van der Waals surface area contributed by atoms with Crippen LogP contribution in [0.15, 0.2) is 18.2 Å². The Morgan fingerprint density at radius 3 is 3.06 bits per heavy atom. The second-order valence-electron chi connectivity index (χ2n) is 4.18. The molecule has 0 radical (unpaired) electrons. The summed E-state index contributed by atoms with van der Waals surface area (Å²) in [4.78, 5) is 10.5. The Kier molecular flexibility index (Phi) is 3.31. The molecule has 0 aliphatic carbocycles. The molecule has 1 aliphatic rings. The molecule has 0 saturated heterocycles. The SMILES string of the molecule is Cc1ccc2c(c1)OC[C@@H](NCC(=O)O)[C@H]2O. The highest BCUT2D eigenvalue weighted by molar-refractivity contribution is 5.69. The van der Waals surface area contributed by atoms with Crippen LogP contribution in [-0.4, -0.2) is 35.4 Å². The summed E-state index contributed by atoms with van der Waals surface area (Å²) in [7, 11) is 0. The van der Waals surface area contributed by atoms with E-state index in [0.717, 1.165) is 5.56 Å². The monoisotopic (exact) mass is 237 g/mol. The van der Waals surface area contributed by atoms with Gasteiger partial charge in [-0.3, -0.25) is 10.1 Å². The fourth-order valence-electron chi connectivity index (χ4n) is 1.89. The van der Waals surface area contributed by atoms with Crippen LogP contribution < -0.4 is 10.1 Å². The van der Waals surface area contributed by atoms with E-state index < -0.39 is 12.1 Å². The van der Waals surface area contributed by atoms with Gasteiger partial charge in [-0.25, -0.2) is 0 Å². The lowest BCUT2D eigenvalue weighted by Crippen LogP contribution is -2.44. The molecule has 0 bridgehead atoms. The van der Waals surface area contributed by atoms with Crippen molar-refractivity contribution in [2.45, 2.75) is 19.1 Å². The van der Waals surface area contributed by atoms with Crippen LogP contribution in [0.1, 0.15) is 17.2 Å². The van der Waals surface area contributed by atoms with Gasteiger partial charge < -0.3 is 14.9 Å². The van der Waals surface area contributed by atoms with Crippen molar-refractivity contribution in [3.63, 3.8) is 0 Å². The van der Waals surface area contributed by atoms with Crippen molar-refractivity contribution in [3.8, 4) is 5.75 Å². The smallest absolute Gasteiger partial charge is 0.317 e. The van der Waals surface area contributed by atoms with Gasteiger partial charge in [0, 0.05) is 5.56 Å². The molecule has 0 fully saturated rings. The number of carboxylic acid groups (broad SMARTS) is 1. The van der Waals surface area contributed by atoms with Crippen molar-refractivity contribution in [2.24, 2.45) is 0 Å². The summed E-state index contributed by atoms with van der Waals surface area (Å²) in [5.41, 5.74) is 1.76. The number of aryl methyl sites for hydroxylation is 1. The average molecular weight is 237 g/mol. The van der Waals surface area contributed by atoms with E-state index in [0.29, 0.717) is 11.3 Å². The summed E-state index contributed by atoms with van der Waals surface area (Å²) in [6, 6.07) is 5.18. The number of aliphatic hydroxyl groups excluding tert-OH is 1. The van der Waals surface area contributed by atoms with Crippen LogP contribution in [0, 0.1) is 6.92 Å². The van der Waals surface area contributed by atoms with Gasteiger partial charge >= 0.3 is 5.97 Å². The minimum Gasteiger partial charge on any atom is -0.491 e. The third kappa shape index (κ3) is 2.57. The van der Waals surface area contributed by atoms with Crippen molar-refractivity contribution in [3.05, 3.63) is 29.3 Å². The third-order valence-electron chi connectivity index (χ3n) is 2.80. The van der Waals surface area contributed by atoms with Gasteiger partial charge in [0.15, 0.2) is 0 Å². The number of hydrogen-bond donors (Lipinski definition) is 3. The lowest BCUT2D eigenvalue weighted by molar-refractivity contribution is -0.136. The highest BCUT2D eigenvalue weighted by atomic mass is 16.5. The van der Waals surface area contributed by atoms with Crippen molar-refractivity contribution in [2.75, 3.05) is 13.2 Å². The molecule has 0 spiro atoms. The predicted molar refractivity (Wildman–Crippen MR) is 61.1 cm³/mol. The summed E-state index contributed by atoms with van der Waals surface area (Å²) in [5, 5.41) is 21.4. The molecule has 5 nitrogen and oxygen atoms in total. The molecule has 1 aliphatic heterocycles. The van der Waals surface area contributed by atoms with E-state index in [1.165, 1.54) is 0 Å². The molecular weight excluding hydrogens is 222 g/mol. The number of hydrogen-bond acceptors (Lipinski definition) is 4. The zero-order valence-electron chi connectivity index (χ0n) is 9.51. The van der Waals surface area contributed by atoms with Gasteiger partial charge in [-0.1, -0.05) is 12.1 Å². The van der Waals surface area contributed by atoms with E-state index in [9.17, 15) is 9.90 Å². The number of ether oxygens (including phenoxy) is 1. The first-order chi connectivity index (χ1) is 8.08. The van der Waals surface area contributed by atoms with Crippen LogP contribution in [0.2, 0.25) is 0 Å². The molecular formula is C12H15NO4. The molecule has 17 heavy (non-hydrogen) atoms. The number of aliphatic carboxylic acids is 1. The number of benzene rings is 1. The summed E-state index contributed by atoms with van der Waals surface area (Å²) >= 11 is 0. The van der Waals surface area contributed by atoms with Gasteiger partial charge in [-0.2, -0.15) is 0 Å². The standard InChI is InChI=1S/C12H15NO4/c1-7-2-3-8-10(4-7)17-6-9(12(8)16)13-5-11(14)15/h2-4,9,12-13,16H,5-6H2,1H3,(H,14,15)/t9-,12+/m1/s1. The molecule has 0 saturated carbocycles. The Morgan fingerprint density at radius 1 is 1.59 bits per heavy atom. The van der Waals surface area contributed by atoms with Gasteiger partial charge in [0.25, 0.3) is 0 Å². The van der Waals surface area contributed by atoms with Crippen LogP contribution in [0.3, 0.4) is 0 Å². The molecule has 2 rings (SSSR count). The zero-order chi connectivity index (χ0) is 12.4. The van der Waals surface area contributed by atoms with E-state index in [1.807, 2.05) is 25.1 Å². The van der Waals surface area contributed by atoms with Crippen LogP contribution in [0.5, 0.6) is 5.75 Å². The first-order valence-electron chi connectivity index (χ1n) is 5.44. The average Bonchev–Trinajstić information content (AvgIpc) is 2.27. The Hall–Kier alpha value is -1.59. The molecule has 0 aromatic heterocycles. The Morgan fingerprint density at radius 2 is 2.35 bits per heavy atom. The van der Waals surface area contributed by atoms with Crippen molar-refractivity contribution in [1.82, 2.24) is 5.32 Å². The molecule has 5 heteroatoms. The summed E-state index contributed by atoms with van der Waals surface area (Å²) < 4.78 is 5.50. The van der Waals surface area contributed by atoms with Crippen molar-refractivity contribution < 1.29 is 19.7 Å². The Bertz CT molecular complexity index is 433. The van der Waals surface area contributed by atoms with Crippen LogP contribution in [-0.2, 0) is 4.79 Å². The minimum atomic E-state index is -0.952.